The molecule has 0 spiro atoms. The number of carbonyl (C=O) groups excluding carboxylic acids is 2. The van der Waals surface area contributed by atoms with Crippen molar-refractivity contribution in [1.29, 1.82) is 0 Å². The molecule has 86 valence electrons. The molecule has 2 heterocycles. The van der Waals surface area contributed by atoms with Gasteiger partial charge >= 0.3 is 0 Å². The van der Waals surface area contributed by atoms with E-state index in [9.17, 15) is 9.59 Å². The molecule has 2 aromatic heterocycles. The lowest BCUT2D eigenvalue weighted by molar-refractivity contribution is 0.0846. The van der Waals surface area contributed by atoms with Gasteiger partial charge in [-0.25, -0.2) is 4.98 Å². The van der Waals surface area contributed by atoms with Crippen LogP contribution in [-0.4, -0.2) is 21.8 Å². The zero-order chi connectivity index (χ0) is 12.1. The summed E-state index contributed by atoms with van der Waals surface area (Å²) in [6.07, 6.45) is 4.17. The molecule has 2 amide bonds. The summed E-state index contributed by atoms with van der Waals surface area (Å²) in [5, 5.41) is 1.78. The van der Waals surface area contributed by atoms with Crippen molar-refractivity contribution in [3.63, 3.8) is 0 Å². The Morgan fingerprint density at radius 2 is 2.00 bits per heavy atom. The predicted octanol–water partition coefficient (Wildman–Crippen LogP) is 0.613. The smallest absolute Gasteiger partial charge is 0.266 e. The van der Waals surface area contributed by atoms with Gasteiger partial charge in [-0.2, -0.15) is 0 Å². The molecule has 7 heteroatoms. The largest absolute Gasteiger partial charge is 0.289 e. The molecule has 0 atom stereocenters. The van der Waals surface area contributed by atoms with Gasteiger partial charge in [-0.15, -0.1) is 11.3 Å². The Hall–Kier alpha value is -2.28. The Kier molecular flexibility index (Phi) is 3.41. The molecule has 2 aromatic rings. The molecule has 2 rings (SSSR count). The summed E-state index contributed by atoms with van der Waals surface area (Å²) in [4.78, 5) is 31.0. The summed E-state index contributed by atoms with van der Waals surface area (Å²) in [7, 11) is 0. The van der Waals surface area contributed by atoms with E-state index >= 15 is 0 Å². The third-order valence-electron chi connectivity index (χ3n) is 1.83. The molecule has 17 heavy (non-hydrogen) atoms. The van der Waals surface area contributed by atoms with Crippen LogP contribution in [0.3, 0.4) is 0 Å². The molecule has 0 saturated heterocycles. The van der Waals surface area contributed by atoms with E-state index in [-0.39, 0.29) is 11.6 Å². The summed E-state index contributed by atoms with van der Waals surface area (Å²) in [5.74, 6) is -0.875. The first-order valence-electron chi connectivity index (χ1n) is 4.67. The molecule has 0 unspecified atom stereocenters. The molecular weight excluding hydrogens is 240 g/mol. The zero-order valence-corrected chi connectivity index (χ0v) is 9.40. The SMILES string of the molecule is O=C(NNC(=O)c1cccs1)c1cnccn1. The Balaban J connectivity index is 1.91. The van der Waals surface area contributed by atoms with Gasteiger partial charge in [-0.3, -0.25) is 25.4 Å². The molecule has 0 aromatic carbocycles. The van der Waals surface area contributed by atoms with Crippen molar-refractivity contribution in [2.45, 2.75) is 0 Å². The van der Waals surface area contributed by atoms with Crippen LogP contribution >= 0.6 is 11.3 Å². The molecule has 6 nitrogen and oxygen atoms in total. The van der Waals surface area contributed by atoms with Crippen molar-refractivity contribution in [3.05, 3.63) is 46.7 Å². The maximum absolute atomic E-state index is 11.5. The average Bonchev–Trinajstić information content (AvgIpc) is 2.90. The Labute approximate surface area is 101 Å². The van der Waals surface area contributed by atoms with E-state index in [4.69, 9.17) is 0 Å². The van der Waals surface area contributed by atoms with Crippen LogP contribution in [0.4, 0.5) is 0 Å². The van der Waals surface area contributed by atoms with Crippen LogP contribution < -0.4 is 10.9 Å². The number of nitrogens with one attached hydrogen (secondary N) is 2. The van der Waals surface area contributed by atoms with Gasteiger partial charge in [-0.1, -0.05) is 6.07 Å². The molecule has 0 saturated carbocycles. The van der Waals surface area contributed by atoms with Gasteiger partial charge in [-0.05, 0) is 11.4 Å². The van der Waals surface area contributed by atoms with Gasteiger partial charge < -0.3 is 0 Å². The standard InChI is InChI=1S/C10H8N4O2S/c15-9(7-6-11-3-4-12-7)13-14-10(16)8-2-1-5-17-8/h1-6H,(H,13,15)(H,14,16). The number of rotatable bonds is 2. The number of hydrogen-bond donors (Lipinski definition) is 2. The second kappa shape index (κ2) is 5.17. The molecule has 0 aliphatic heterocycles. The first kappa shape index (κ1) is 11.2. The minimum Gasteiger partial charge on any atom is -0.266 e. The summed E-state index contributed by atoms with van der Waals surface area (Å²) in [6.45, 7) is 0. The third-order valence-corrected chi connectivity index (χ3v) is 2.70. The predicted molar refractivity (Wildman–Crippen MR) is 61.3 cm³/mol. The van der Waals surface area contributed by atoms with E-state index in [1.165, 1.54) is 29.9 Å². The fraction of sp³-hybridized carbons (Fsp3) is 0. The van der Waals surface area contributed by atoms with Crippen LogP contribution in [0.15, 0.2) is 36.1 Å². The summed E-state index contributed by atoms with van der Waals surface area (Å²) in [6, 6.07) is 3.42. The van der Waals surface area contributed by atoms with Gasteiger partial charge in [0.2, 0.25) is 0 Å². The number of hydrazine groups is 1. The second-order valence-corrected chi connectivity index (χ2v) is 3.92. The van der Waals surface area contributed by atoms with Crippen LogP contribution in [0.5, 0.6) is 0 Å². The molecule has 0 bridgehead atoms. The minimum absolute atomic E-state index is 0.138. The van der Waals surface area contributed by atoms with Crippen molar-refractivity contribution in [2.24, 2.45) is 0 Å². The minimum atomic E-state index is -0.511. The number of thiophene rings is 1. The average molecular weight is 248 g/mol. The van der Waals surface area contributed by atoms with Crippen molar-refractivity contribution in [2.75, 3.05) is 0 Å². The lowest BCUT2D eigenvalue weighted by atomic mass is 10.4. The quantitative estimate of drug-likeness (QED) is 0.763. The fourth-order valence-electron chi connectivity index (χ4n) is 1.06. The van der Waals surface area contributed by atoms with E-state index in [2.05, 4.69) is 20.8 Å². The first-order valence-corrected chi connectivity index (χ1v) is 5.55. The lowest BCUT2D eigenvalue weighted by Crippen LogP contribution is -2.41. The topological polar surface area (TPSA) is 84.0 Å². The van der Waals surface area contributed by atoms with E-state index < -0.39 is 5.91 Å². The lowest BCUT2D eigenvalue weighted by Gasteiger charge is -2.04. The zero-order valence-electron chi connectivity index (χ0n) is 8.58. The highest BCUT2D eigenvalue weighted by atomic mass is 32.1. The normalized spacial score (nSPS) is 9.65. The van der Waals surface area contributed by atoms with E-state index in [0.29, 0.717) is 4.88 Å². The van der Waals surface area contributed by atoms with Gasteiger partial charge in [0.15, 0.2) is 0 Å². The van der Waals surface area contributed by atoms with Crippen molar-refractivity contribution < 1.29 is 9.59 Å². The highest BCUT2D eigenvalue weighted by Crippen LogP contribution is 2.07. The first-order chi connectivity index (χ1) is 8.27. The number of hydrogen-bond acceptors (Lipinski definition) is 5. The van der Waals surface area contributed by atoms with Gasteiger partial charge in [0.1, 0.15) is 5.69 Å². The Morgan fingerprint density at radius 3 is 2.65 bits per heavy atom. The van der Waals surface area contributed by atoms with Crippen molar-refractivity contribution in [3.8, 4) is 0 Å². The second-order valence-electron chi connectivity index (χ2n) is 2.98. The maximum Gasteiger partial charge on any atom is 0.289 e. The fourth-order valence-corrected chi connectivity index (χ4v) is 1.68. The van der Waals surface area contributed by atoms with E-state index in [0.717, 1.165) is 0 Å². The number of carbonyl (C=O) groups is 2. The van der Waals surface area contributed by atoms with Gasteiger partial charge in [0.05, 0.1) is 11.1 Å². The van der Waals surface area contributed by atoms with Crippen LogP contribution in [0.25, 0.3) is 0 Å². The molecule has 0 aliphatic carbocycles. The molecule has 0 radical (unpaired) electrons. The Bertz CT molecular complexity index is 512. The van der Waals surface area contributed by atoms with Crippen LogP contribution in [0.1, 0.15) is 20.2 Å². The Morgan fingerprint density at radius 1 is 1.18 bits per heavy atom. The van der Waals surface area contributed by atoms with Crippen LogP contribution in [0.2, 0.25) is 0 Å². The van der Waals surface area contributed by atoms with E-state index in [1.807, 2.05) is 0 Å². The van der Waals surface area contributed by atoms with E-state index in [1.54, 1.807) is 17.5 Å². The molecule has 0 aliphatic rings. The molecule has 0 fully saturated rings. The summed E-state index contributed by atoms with van der Waals surface area (Å²) < 4.78 is 0. The van der Waals surface area contributed by atoms with Crippen LogP contribution in [-0.2, 0) is 0 Å². The monoisotopic (exact) mass is 248 g/mol. The van der Waals surface area contributed by atoms with Gasteiger partial charge in [0.25, 0.3) is 11.8 Å². The highest BCUT2D eigenvalue weighted by molar-refractivity contribution is 7.12. The molecular formula is C10H8N4O2S. The molecule has 2 N–H and O–H groups in total. The van der Waals surface area contributed by atoms with Crippen LogP contribution in [0, 0.1) is 0 Å². The number of aromatic nitrogens is 2. The summed E-state index contributed by atoms with van der Waals surface area (Å²) in [5.41, 5.74) is 4.68. The number of amides is 2. The van der Waals surface area contributed by atoms with Gasteiger partial charge in [0, 0.05) is 12.4 Å². The number of nitrogens with zero attached hydrogens (tertiary/aromatic N) is 2. The highest BCUT2D eigenvalue weighted by Gasteiger charge is 2.10. The summed E-state index contributed by atoms with van der Waals surface area (Å²) >= 11 is 1.29. The maximum atomic E-state index is 11.5. The van der Waals surface area contributed by atoms with Crippen molar-refractivity contribution in [1.82, 2.24) is 20.8 Å². The van der Waals surface area contributed by atoms with Crippen molar-refractivity contribution >= 4 is 23.2 Å². The third kappa shape index (κ3) is 2.85.